The molecule has 0 aliphatic heterocycles. The molecule has 0 nitrogen and oxygen atoms in total. The quantitative estimate of drug-likeness (QED) is 0.173. The van der Waals surface area contributed by atoms with Gasteiger partial charge in [0.05, 0.1) is 32.3 Å². The van der Waals surface area contributed by atoms with Crippen molar-refractivity contribution in [3.63, 3.8) is 0 Å². The molecule has 0 amide bonds. The maximum Gasteiger partial charge on any atom is 0.0778 e. The Morgan fingerprint density at radius 2 is 0.619 bits per heavy atom. The second kappa shape index (κ2) is 8.26. The van der Waals surface area contributed by atoms with E-state index in [1.54, 1.807) is 31.7 Å². The van der Waals surface area contributed by atoms with Crippen molar-refractivity contribution in [1.82, 2.24) is 0 Å². The van der Waals surface area contributed by atoms with Crippen LogP contribution in [0.1, 0.15) is 11.1 Å². The van der Waals surface area contributed by atoms with Gasteiger partial charge in [0.25, 0.3) is 0 Å². The molecule has 0 fully saturated rings. The Morgan fingerprint density at radius 1 is 0.310 bits per heavy atom. The van der Waals surface area contributed by atoms with Crippen LogP contribution in [0.25, 0.3) is 64.6 Å². The lowest BCUT2D eigenvalue weighted by Crippen LogP contribution is -2.57. The molecule has 0 aliphatic carbocycles. The minimum Gasteiger partial charge on any atom is -0.0656 e. The Hall–Kier alpha value is -2.25. The summed E-state index contributed by atoms with van der Waals surface area (Å²) < 4.78 is 0. The van der Waals surface area contributed by atoms with Crippen LogP contribution in [0.3, 0.4) is 0 Å². The van der Waals surface area contributed by atoms with Crippen LogP contribution >= 0.6 is 0 Å². The fraction of sp³-hybridized carbons (Fsp3) is 0.368. The SMILES string of the molecule is Cc1c([Si](C)(C)C)c([Si](C)(C)C)cc2c3cc4c5cc6c7cc([Si](C)(C)C)c([Si](C)(C)C)cc7c6cc5c4c(C)c3c12. The summed E-state index contributed by atoms with van der Waals surface area (Å²) in [5.41, 5.74) is 3.09. The molecule has 0 aliphatic rings. The molecule has 0 unspecified atom stereocenters. The van der Waals surface area contributed by atoms with Gasteiger partial charge in [0.15, 0.2) is 0 Å². The summed E-state index contributed by atoms with van der Waals surface area (Å²) in [6, 6.07) is 15.5. The highest BCUT2D eigenvalue weighted by molar-refractivity contribution is 6.99. The van der Waals surface area contributed by atoms with Gasteiger partial charge in [0, 0.05) is 0 Å². The second-order valence-corrected chi connectivity index (χ2v) is 37.7. The summed E-state index contributed by atoms with van der Waals surface area (Å²) in [4.78, 5) is 0. The van der Waals surface area contributed by atoms with Gasteiger partial charge in [-0.25, -0.2) is 0 Å². The van der Waals surface area contributed by atoms with Crippen LogP contribution in [-0.2, 0) is 0 Å². The fourth-order valence-electron chi connectivity index (χ4n) is 8.40. The van der Waals surface area contributed by atoms with Crippen LogP contribution in [0.2, 0.25) is 78.6 Å². The summed E-state index contributed by atoms with van der Waals surface area (Å²) in [7, 11) is -5.86. The van der Waals surface area contributed by atoms with Crippen LogP contribution in [0, 0.1) is 13.8 Å². The Kier molecular flexibility index (Phi) is 5.61. The summed E-state index contributed by atoms with van der Waals surface area (Å²) in [5.74, 6) is 0. The van der Waals surface area contributed by atoms with E-state index in [9.17, 15) is 0 Å². The fourth-order valence-corrected chi connectivity index (χ4v) is 19.5. The molecule has 4 heteroatoms. The third-order valence-electron chi connectivity index (χ3n) is 10.3. The highest BCUT2D eigenvalue weighted by atomic mass is 28.3. The predicted octanol–water partition coefficient (Wildman–Crippen LogP) is 9.72. The standard InChI is InChI=1S/C38H48Si4/c1-21-35-28-16-24-23(26-18-32(39(3,4)5)33(19-27(24)26)40(6,7)8)15-25(28)29(35)17-30-31-20-34(41(9,10)11)38(42(12,13)14)22(2)37(31)36(21)30/h15-20H,1-14H3. The normalized spacial score (nSPS) is 14.4. The molecule has 0 N–H and O–H groups in total. The third kappa shape index (κ3) is 3.68. The van der Waals surface area contributed by atoms with E-state index >= 15 is 0 Å². The third-order valence-corrected chi connectivity index (χ3v) is 19.0. The number of hydrogen-bond acceptors (Lipinski definition) is 0. The van der Waals surface area contributed by atoms with Crippen LogP contribution in [0.15, 0.2) is 36.4 Å². The van der Waals surface area contributed by atoms with Crippen LogP contribution < -0.4 is 20.7 Å². The first-order valence-electron chi connectivity index (χ1n) is 16.0. The average molecular weight is 617 g/mol. The van der Waals surface area contributed by atoms with Crippen LogP contribution in [0.5, 0.6) is 0 Å². The molecule has 7 aromatic carbocycles. The highest BCUT2D eigenvalue weighted by Crippen LogP contribution is 2.50. The first-order valence-corrected chi connectivity index (χ1v) is 30.0. The molecule has 0 saturated heterocycles. The zero-order valence-corrected chi connectivity index (χ0v) is 32.5. The minimum atomic E-state index is -1.49. The van der Waals surface area contributed by atoms with E-state index in [0.29, 0.717) is 0 Å². The number of hydrogen-bond donors (Lipinski definition) is 0. The van der Waals surface area contributed by atoms with Gasteiger partial charge in [-0.2, -0.15) is 0 Å². The molecule has 0 radical (unpaired) electrons. The zero-order valence-electron chi connectivity index (χ0n) is 28.5. The lowest BCUT2D eigenvalue weighted by atomic mass is 9.79. The molecule has 7 rings (SSSR count). The molecule has 0 bridgehead atoms. The molecule has 0 saturated carbocycles. The molecule has 0 spiro atoms. The monoisotopic (exact) mass is 616 g/mol. The van der Waals surface area contributed by atoms with E-state index in [4.69, 9.17) is 0 Å². The predicted molar refractivity (Wildman–Crippen MR) is 206 cm³/mol. The van der Waals surface area contributed by atoms with Crippen molar-refractivity contribution in [2.24, 2.45) is 0 Å². The van der Waals surface area contributed by atoms with Crippen LogP contribution in [-0.4, -0.2) is 32.3 Å². The smallest absolute Gasteiger partial charge is 0.0656 e. The van der Waals surface area contributed by atoms with E-state index in [-0.39, 0.29) is 0 Å². The highest BCUT2D eigenvalue weighted by Gasteiger charge is 2.33. The molecule has 0 aromatic heterocycles. The summed E-state index contributed by atoms with van der Waals surface area (Å²) >= 11 is 0. The van der Waals surface area contributed by atoms with Gasteiger partial charge < -0.3 is 0 Å². The summed E-state index contributed by atoms with van der Waals surface area (Å²) in [6.45, 7) is 35.2. The number of rotatable bonds is 4. The first kappa shape index (κ1) is 28.5. The van der Waals surface area contributed by atoms with Crippen molar-refractivity contribution in [2.45, 2.75) is 92.4 Å². The number of aryl methyl sites for hydroxylation is 2. The second-order valence-electron chi connectivity index (χ2n) is 17.6. The van der Waals surface area contributed by atoms with Gasteiger partial charge in [-0.15, -0.1) is 0 Å². The van der Waals surface area contributed by atoms with E-state index in [1.165, 1.54) is 64.8 Å². The molecular weight excluding hydrogens is 569 g/mol. The Bertz CT molecular complexity index is 2210. The molecule has 0 heterocycles. The van der Waals surface area contributed by atoms with Gasteiger partial charge in [-0.05, 0) is 108 Å². The van der Waals surface area contributed by atoms with Gasteiger partial charge >= 0.3 is 0 Å². The summed E-state index contributed by atoms with van der Waals surface area (Å²) in [6.07, 6.45) is 0. The molecule has 0 atom stereocenters. The van der Waals surface area contributed by atoms with Crippen molar-refractivity contribution in [3.05, 3.63) is 47.5 Å². The number of fused-ring (bicyclic) bond motifs is 12. The Labute approximate surface area is 256 Å². The summed E-state index contributed by atoms with van der Waals surface area (Å²) in [5, 5.41) is 24.9. The van der Waals surface area contributed by atoms with E-state index in [2.05, 4.69) is 129 Å². The lowest BCUT2D eigenvalue weighted by Gasteiger charge is -2.33. The Morgan fingerprint density at radius 3 is 1.07 bits per heavy atom. The van der Waals surface area contributed by atoms with Crippen molar-refractivity contribution in [2.75, 3.05) is 0 Å². The van der Waals surface area contributed by atoms with Gasteiger partial charge in [0.2, 0.25) is 0 Å². The molecule has 42 heavy (non-hydrogen) atoms. The van der Waals surface area contributed by atoms with Gasteiger partial charge in [0.1, 0.15) is 0 Å². The van der Waals surface area contributed by atoms with Gasteiger partial charge in [-0.3, -0.25) is 0 Å². The average Bonchev–Trinajstić information content (AvgIpc) is 2.80. The molecule has 216 valence electrons. The Balaban J connectivity index is 1.53. The lowest BCUT2D eigenvalue weighted by molar-refractivity contribution is 1.54. The zero-order chi connectivity index (χ0) is 30.6. The number of benzene rings is 4. The minimum absolute atomic E-state index is 1.44. The van der Waals surface area contributed by atoms with Crippen molar-refractivity contribution < 1.29 is 0 Å². The largest absolute Gasteiger partial charge is 0.0778 e. The van der Waals surface area contributed by atoms with Crippen molar-refractivity contribution in [3.8, 4) is 0 Å². The van der Waals surface area contributed by atoms with E-state index in [0.717, 1.165) is 0 Å². The van der Waals surface area contributed by atoms with Crippen molar-refractivity contribution in [1.29, 1.82) is 0 Å². The van der Waals surface area contributed by atoms with Crippen molar-refractivity contribution >= 4 is 118 Å². The van der Waals surface area contributed by atoms with Gasteiger partial charge in [-0.1, -0.05) is 118 Å². The maximum absolute atomic E-state index is 2.64. The molecule has 7 aromatic rings. The first-order chi connectivity index (χ1) is 19.2. The maximum atomic E-state index is 2.64. The topological polar surface area (TPSA) is 0 Å². The van der Waals surface area contributed by atoms with Crippen LogP contribution in [0.4, 0.5) is 0 Å². The van der Waals surface area contributed by atoms with E-state index in [1.807, 2.05) is 0 Å². The van der Waals surface area contributed by atoms with E-state index < -0.39 is 32.3 Å². The molecular formula is C38H48Si4.